The molecule has 0 aliphatic carbocycles. The first-order chi connectivity index (χ1) is 14.6. The van der Waals surface area contributed by atoms with Gasteiger partial charge in [-0.15, -0.1) is 0 Å². The molecule has 0 saturated carbocycles. The van der Waals surface area contributed by atoms with Crippen molar-refractivity contribution >= 4 is 10.9 Å². The molecule has 6 nitrogen and oxygen atoms in total. The summed E-state index contributed by atoms with van der Waals surface area (Å²) < 4.78 is 7.04. The Morgan fingerprint density at radius 3 is 2.50 bits per heavy atom. The molecule has 2 aromatic heterocycles. The van der Waals surface area contributed by atoms with Crippen LogP contribution in [0.3, 0.4) is 0 Å². The maximum Gasteiger partial charge on any atom is 0.265 e. The number of fused-ring (bicyclic) bond motifs is 1. The highest BCUT2D eigenvalue weighted by atomic mass is 16.5. The lowest BCUT2D eigenvalue weighted by atomic mass is 10.1. The fraction of sp³-hybridized carbons (Fsp3) is 0.0417. The van der Waals surface area contributed by atoms with E-state index in [0.29, 0.717) is 28.2 Å². The van der Waals surface area contributed by atoms with Gasteiger partial charge in [-0.2, -0.15) is 0 Å². The van der Waals surface area contributed by atoms with Crippen molar-refractivity contribution < 1.29 is 9.63 Å². The molecule has 1 N–H and O–H groups in total. The van der Waals surface area contributed by atoms with Crippen molar-refractivity contribution in [3.8, 4) is 34.0 Å². The first-order valence-corrected chi connectivity index (χ1v) is 9.45. The van der Waals surface area contributed by atoms with Crippen LogP contribution in [0.5, 0.6) is 5.75 Å². The molecule has 0 spiro atoms. The second-order valence-electron chi connectivity index (χ2n) is 6.99. The summed E-state index contributed by atoms with van der Waals surface area (Å²) in [5.41, 5.74) is 3.59. The highest BCUT2D eigenvalue weighted by molar-refractivity contribution is 5.78. The van der Waals surface area contributed by atoms with Gasteiger partial charge in [0.15, 0.2) is 5.76 Å². The van der Waals surface area contributed by atoms with Crippen molar-refractivity contribution in [2.45, 2.75) is 6.92 Å². The van der Waals surface area contributed by atoms with Gasteiger partial charge in [0.2, 0.25) is 0 Å². The molecular formula is C24H17N3O3. The van der Waals surface area contributed by atoms with Crippen LogP contribution in [-0.4, -0.2) is 19.8 Å². The van der Waals surface area contributed by atoms with E-state index >= 15 is 0 Å². The topological polar surface area (TPSA) is 81.2 Å². The standard InChI is InChI=1S/C24H17N3O3/c1-15-25-21-8-3-2-7-20(21)24(29)27(15)18-11-9-16(10-12-18)22-14-23(30-26-22)17-5-4-6-19(28)13-17/h2-14,28H,1H3. The van der Waals surface area contributed by atoms with E-state index in [2.05, 4.69) is 10.1 Å². The van der Waals surface area contributed by atoms with Crippen LogP contribution in [0.25, 0.3) is 39.2 Å². The lowest BCUT2D eigenvalue weighted by Crippen LogP contribution is -2.22. The minimum Gasteiger partial charge on any atom is -0.508 e. The fourth-order valence-corrected chi connectivity index (χ4v) is 3.54. The van der Waals surface area contributed by atoms with Crippen LogP contribution in [0, 0.1) is 6.92 Å². The van der Waals surface area contributed by atoms with E-state index in [9.17, 15) is 9.90 Å². The van der Waals surface area contributed by atoms with E-state index in [0.717, 1.165) is 16.8 Å². The number of aryl methyl sites for hydroxylation is 1. The summed E-state index contributed by atoms with van der Waals surface area (Å²) in [5, 5.41) is 14.4. The number of aromatic nitrogens is 3. The molecule has 0 aliphatic heterocycles. The number of phenolic OH excluding ortho intramolecular Hbond substituents is 1. The molecule has 0 aliphatic rings. The Bertz CT molecular complexity index is 1430. The van der Waals surface area contributed by atoms with Gasteiger partial charge < -0.3 is 9.63 Å². The predicted molar refractivity (Wildman–Crippen MR) is 115 cm³/mol. The molecular weight excluding hydrogens is 378 g/mol. The number of phenols is 1. The van der Waals surface area contributed by atoms with Crippen molar-refractivity contribution in [2.24, 2.45) is 0 Å². The summed E-state index contributed by atoms with van der Waals surface area (Å²) in [7, 11) is 0. The molecule has 0 radical (unpaired) electrons. The Labute approximate surface area is 171 Å². The Hall–Kier alpha value is -4.19. The summed E-state index contributed by atoms with van der Waals surface area (Å²) in [5.74, 6) is 1.36. The lowest BCUT2D eigenvalue weighted by Gasteiger charge is -2.11. The normalized spacial score (nSPS) is 11.1. The van der Waals surface area contributed by atoms with Gasteiger partial charge in [-0.25, -0.2) is 4.98 Å². The van der Waals surface area contributed by atoms with Crippen LogP contribution in [-0.2, 0) is 0 Å². The molecule has 2 heterocycles. The van der Waals surface area contributed by atoms with Crippen LogP contribution in [0.4, 0.5) is 0 Å². The van der Waals surface area contributed by atoms with Gasteiger partial charge in [0.1, 0.15) is 17.3 Å². The maximum absolute atomic E-state index is 13.0. The summed E-state index contributed by atoms with van der Waals surface area (Å²) in [6.07, 6.45) is 0. The average Bonchev–Trinajstić information content (AvgIpc) is 3.25. The third-order valence-electron chi connectivity index (χ3n) is 5.01. The van der Waals surface area contributed by atoms with Crippen molar-refractivity contribution in [1.82, 2.24) is 14.7 Å². The lowest BCUT2D eigenvalue weighted by molar-refractivity contribution is 0.434. The quantitative estimate of drug-likeness (QED) is 0.478. The van der Waals surface area contributed by atoms with E-state index in [-0.39, 0.29) is 11.3 Å². The Balaban J connectivity index is 1.52. The van der Waals surface area contributed by atoms with Crippen molar-refractivity contribution in [2.75, 3.05) is 0 Å². The number of hydrogen-bond acceptors (Lipinski definition) is 5. The van der Waals surface area contributed by atoms with Crippen LogP contribution in [0.1, 0.15) is 5.82 Å². The Morgan fingerprint density at radius 1 is 0.900 bits per heavy atom. The molecule has 3 aromatic carbocycles. The van der Waals surface area contributed by atoms with Crippen molar-refractivity contribution in [3.63, 3.8) is 0 Å². The molecule has 5 aromatic rings. The zero-order chi connectivity index (χ0) is 20.7. The van der Waals surface area contributed by atoms with Gasteiger partial charge in [0.05, 0.1) is 16.6 Å². The number of para-hydroxylation sites is 1. The molecule has 0 amide bonds. The number of nitrogens with zero attached hydrogens (tertiary/aromatic N) is 3. The zero-order valence-electron chi connectivity index (χ0n) is 16.1. The zero-order valence-corrected chi connectivity index (χ0v) is 16.1. The summed E-state index contributed by atoms with van der Waals surface area (Å²) in [6, 6.07) is 23.5. The predicted octanol–water partition coefficient (Wildman–Crippen LogP) is 4.72. The molecule has 0 bridgehead atoms. The fourth-order valence-electron chi connectivity index (χ4n) is 3.54. The minimum absolute atomic E-state index is 0.0987. The summed E-state index contributed by atoms with van der Waals surface area (Å²) in [4.78, 5) is 17.5. The number of hydrogen-bond donors (Lipinski definition) is 1. The highest BCUT2D eigenvalue weighted by Gasteiger charge is 2.12. The smallest absolute Gasteiger partial charge is 0.265 e. The average molecular weight is 395 g/mol. The van der Waals surface area contributed by atoms with Gasteiger partial charge in [-0.3, -0.25) is 9.36 Å². The van der Waals surface area contributed by atoms with Gasteiger partial charge in [0, 0.05) is 17.2 Å². The third-order valence-corrected chi connectivity index (χ3v) is 5.01. The highest BCUT2D eigenvalue weighted by Crippen LogP contribution is 2.28. The second kappa shape index (κ2) is 7.00. The molecule has 0 atom stereocenters. The molecule has 30 heavy (non-hydrogen) atoms. The van der Waals surface area contributed by atoms with E-state index in [1.54, 1.807) is 28.8 Å². The maximum atomic E-state index is 13.0. The van der Waals surface area contributed by atoms with E-state index in [4.69, 9.17) is 4.52 Å². The first-order valence-electron chi connectivity index (χ1n) is 9.45. The first kappa shape index (κ1) is 17.9. The molecule has 5 rings (SSSR count). The van der Waals surface area contributed by atoms with Gasteiger partial charge in [0.25, 0.3) is 5.56 Å². The van der Waals surface area contributed by atoms with E-state index < -0.39 is 0 Å². The largest absolute Gasteiger partial charge is 0.508 e. The molecule has 0 fully saturated rings. The van der Waals surface area contributed by atoms with E-state index in [1.807, 2.05) is 61.5 Å². The van der Waals surface area contributed by atoms with Crippen LogP contribution in [0.15, 0.2) is 88.2 Å². The van der Waals surface area contributed by atoms with Crippen molar-refractivity contribution in [3.05, 3.63) is 95.0 Å². The number of aromatic hydroxyl groups is 1. The van der Waals surface area contributed by atoms with Gasteiger partial charge >= 0.3 is 0 Å². The van der Waals surface area contributed by atoms with Crippen LogP contribution < -0.4 is 5.56 Å². The van der Waals surface area contributed by atoms with Crippen LogP contribution in [0.2, 0.25) is 0 Å². The SMILES string of the molecule is Cc1nc2ccccc2c(=O)n1-c1ccc(-c2cc(-c3cccc(O)c3)on2)cc1. The monoisotopic (exact) mass is 395 g/mol. The van der Waals surface area contributed by atoms with Crippen molar-refractivity contribution in [1.29, 1.82) is 0 Å². The Kier molecular flexibility index (Phi) is 4.17. The van der Waals surface area contributed by atoms with Crippen LogP contribution >= 0.6 is 0 Å². The number of rotatable bonds is 3. The molecule has 146 valence electrons. The second-order valence-corrected chi connectivity index (χ2v) is 6.99. The van der Waals surface area contributed by atoms with Gasteiger partial charge in [-0.05, 0) is 43.3 Å². The molecule has 6 heteroatoms. The van der Waals surface area contributed by atoms with E-state index in [1.165, 1.54) is 0 Å². The molecule has 0 unspecified atom stereocenters. The minimum atomic E-state index is -0.0987. The summed E-state index contributed by atoms with van der Waals surface area (Å²) in [6.45, 7) is 1.82. The molecule has 0 saturated heterocycles. The third kappa shape index (κ3) is 3.04. The number of benzene rings is 3. The Morgan fingerprint density at radius 2 is 1.70 bits per heavy atom. The van der Waals surface area contributed by atoms with Gasteiger partial charge in [-0.1, -0.05) is 41.6 Å². The summed E-state index contributed by atoms with van der Waals surface area (Å²) >= 11 is 0.